The predicted molar refractivity (Wildman–Crippen MR) is 96.3 cm³/mol. The number of hydrogen-bond donors (Lipinski definition) is 0. The molecule has 0 bridgehead atoms. The second-order valence-electron chi connectivity index (χ2n) is 6.89. The zero-order valence-electron chi connectivity index (χ0n) is 15.5. The molecule has 2 atom stereocenters. The fraction of sp³-hybridized carbons (Fsp3) is 0.700. The Bertz CT molecular complexity index is 465. The van der Waals surface area contributed by atoms with E-state index in [4.69, 9.17) is 9.47 Å². The average Bonchev–Trinajstić information content (AvgIpc) is 2.62. The third-order valence-corrected chi connectivity index (χ3v) is 5.82. The van der Waals surface area contributed by atoms with Gasteiger partial charge in [-0.3, -0.25) is 0 Å². The Hall–Kier alpha value is -1.06. The number of methoxy groups -OCH3 is 2. The maximum Gasteiger partial charge on any atom is 0.118 e. The molecule has 0 N–H and O–H groups in total. The number of benzene rings is 1. The van der Waals surface area contributed by atoms with Crippen LogP contribution in [0.4, 0.5) is 0 Å². The van der Waals surface area contributed by atoms with Gasteiger partial charge in [0.05, 0.1) is 12.7 Å². The Balaban J connectivity index is 2.40. The Morgan fingerprint density at radius 2 is 1.70 bits per heavy atom. The minimum absolute atomic E-state index is 0.0459. The van der Waals surface area contributed by atoms with E-state index in [1.165, 1.54) is 24.8 Å². The van der Waals surface area contributed by atoms with Gasteiger partial charge >= 0.3 is 0 Å². The number of ether oxygens (including phenoxy) is 2. The first-order valence-corrected chi connectivity index (χ1v) is 8.97. The summed E-state index contributed by atoms with van der Waals surface area (Å²) in [4.78, 5) is 2.43. The van der Waals surface area contributed by atoms with E-state index < -0.39 is 0 Å². The van der Waals surface area contributed by atoms with Crippen LogP contribution in [0.25, 0.3) is 0 Å². The van der Waals surface area contributed by atoms with E-state index in [-0.39, 0.29) is 5.60 Å². The topological polar surface area (TPSA) is 21.7 Å². The van der Waals surface area contributed by atoms with Gasteiger partial charge in [-0.2, -0.15) is 0 Å². The number of rotatable bonds is 7. The van der Waals surface area contributed by atoms with Crippen molar-refractivity contribution < 1.29 is 9.47 Å². The van der Waals surface area contributed by atoms with E-state index in [9.17, 15) is 0 Å². The fourth-order valence-corrected chi connectivity index (χ4v) is 4.17. The lowest BCUT2D eigenvalue weighted by Crippen LogP contribution is -2.49. The summed E-state index contributed by atoms with van der Waals surface area (Å²) in [7, 11) is 5.84. The summed E-state index contributed by atoms with van der Waals surface area (Å²) in [6.07, 6.45) is 6.18. The van der Waals surface area contributed by atoms with Gasteiger partial charge in [0.1, 0.15) is 5.75 Å². The average molecular weight is 319 g/mol. The van der Waals surface area contributed by atoms with E-state index >= 15 is 0 Å². The molecule has 3 nitrogen and oxygen atoms in total. The summed E-state index contributed by atoms with van der Waals surface area (Å²) in [5.74, 6) is 1.29. The van der Waals surface area contributed by atoms with Crippen LogP contribution in [-0.4, -0.2) is 44.4 Å². The molecule has 0 amide bonds. The van der Waals surface area contributed by atoms with Crippen LogP contribution >= 0.6 is 0 Å². The van der Waals surface area contributed by atoms with Crippen LogP contribution in [0.5, 0.6) is 5.75 Å². The van der Waals surface area contributed by atoms with Crippen molar-refractivity contribution in [2.45, 2.75) is 63.5 Å². The highest BCUT2D eigenvalue weighted by Crippen LogP contribution is 2.45. The van der Waals surface area contributed by atoms with Crippen molar-refractivity contribution in [2.24, 2.45) is 0 Å². The van der Waals surface area contributed by atoms with Gasteiger partial charge in [-0.1, -0.05) is 38.3 Å². The number of hydrogen-bond acceptors (Lipinski definition) is 3. The monoisotopic (exact) mass is 319 g/mol. The van der Waals surface area contributed by atoms with Crippen LogP contribution in [0.2, 0.25) is 0 Å². The van der Waals surface area contributed by atoms with Crippen molar-refractivity contribution in [3.05, 3.63) is 29.8 Å². The van der Waals surface area contributed by atoms with Crippen LogP contribution in [0, 0.1) is 0 Å². The molecular formula is C20H33NO2. The van der Waals surface area contributed by atoms with Crippen molar-refractivity contribution in [1.29, 1.82) is 0 Å². The molecule has 0 radical (unpaired) electrons. The molecular weight excluding hydrogens is 286 g/mol. The Morgan fingerprint density at radius 1 is 1.09 bits per heavy atom. The smallest absolute Gasteiger partial charge is 0.118 e. The minimum Gasteiger partial charge on any atom is -0.497 e. The maximum absolute atomic E-state index is 6.21. The van der Waals surface area contributed by atoms with E-state index in [0.29, 0.717) is 12.0 Å². The standard InChI is InChI=1S/C20H33NO2/c1-6-21(3)16(2)19(17-10-12-18(22-4)13-11-17)20(23-5)14-8-7-9-15-20/h10-13,16,19H,6-9,14-15H2,1-5H3. The van der Waals surface area contributed by atoms with Crippen molar-refractivity contribution >= 4 is 0 Å². The van der Waals surface area contributed by atoms with E-state index in [0.717, 1.165) is 25.1 Å². The van der Waals surface area contributed by atoms with E-state index in [1.807, 2.05) is 7.11 Å². The minimum atomic E-state index is -0.0459. The van der Waals surface area contributed by atoms with Gasteiger partial charge in [0.25, 0.3) is 0 Å². The van der Waals surface area contributed by atoms with Gasteiger partial charge in [-0.25, -0.2) is 0 Å². The van der Waals surface area contributed by atoms with Crippen molar-refractivity contribution in [1.82, 2.24) is 4.90 Å². The summed E-state index contributed by atoms with van der Waals surface area (Å²) in [5.41, 5.74) is 1.32. The molecule has 0 spiro atoms. The van der Waals surface area contributed by atoms with Gasteiger partial charge < -0.3 is 14.4 Å². The molecule has 0 aromatic heterocycles. The molecule has 130 valence electrons. The van der Waals surface area contributed by atoms with Gasteiger partial charge in [0.15, 0.2) is 0 Å². The number of likely N-dealkylation sites (N-methyl/N-ethyl adjacent to an activating group) is 1. The lowest BCUT2D eigenvalue weighted by atomic mass is 9.69. The zero-order valence-corrected chi connectivity index (χ0v) is 15.5. The lowest BCUT2D eigenvalue weighted by Gasteiger charge is -2.47. The highest BCUT2D eigenvalue weighted by molar-refractivity contribution is 5.32. The first-order valence-electron chi connectivity index (χ1n) is 8.97. The molecule has 0 saturated heterocycles. The molecule has 1 saturated carbocycles. The van der Waals surface area contributed by atoms with Crippen LogP contribution in [0.1, 0.15) is 57.4 Å². The van der Waals surface area contributed by atoms with Crippen LogP contribution in [0.3, 0.4) is 0 Å². The van der Waals surface area contributed by atoms with Gasteiger partial charge in [0, 0.05) is 19.1 Å². The second kappa shape index (κ2) is 8.16. The van der Waals surface area contributed by atoms with Crippen LogP contribution < -0.4 is 4.74 Å². The Morgan fingerprint density at radius 3 is 2.17 bits per heavy atom. The third-order valence-electron chi connectivity index (χ3n) is 5.82. The lowest BCUT2D eigenvalue weighted by molar-refractivity contribution is -0.0767. The van der Waals surface area contributed by atoms with Crippen molar-refractivity contribution in [2.75, 3.05) is 27.8 Å². The fourth-order valence-electron chi connectivity index (χ4n) is 4.17. The van der Waals surface area contributed by atoms with Crippen LogP contribution in [0.15, 0.2) is 24.3 Å². The first-order chi connectivity index (χ1) is 11.1. The molecule has 1 fully saturated rings. The molecule has 23 heavy (non-hydrogen) atoms. The molecule has 2 rings (SSSR count). The Labute approximate surface area is 142 Å². The predicted octanol–water partition coefficient (Wildman–Crippen LogP) is 4.47. The molecule has 1 aromatic carbocycles. The van der Waals surface area contributed by atoms with Crippen molar-refractivity contribution in [3.63, 3.8) is 0 Å². The molecule has 0 heterocycles. The maximum atomic E-state index is 6.21. The van der Waals surface area contributed by atoms with E-state index in [1.54, 1.807) is 7.11 Å². The molecule has 1 aliphatic carbocycles. The Kier molecular flexibility index (Phi) is 6.49. The van der Waals surface area contributed by atoms with Gasteiger partial charge in [0.2, 0.25) is 0 Å². The highest BCUT2D eigenvalue weighted by atomic mass is 16.5. The summed E-state index contributed by atoms with van der Waals surface area (Å²) in [6, 6.07) is 9.03. The first kappa shape index (κ1) is 18.3. The quantitative estimate of drug-likeness (QED) is 0.740. The molecule has 3 heteroatoms. The molecule has 1 aromatic rings. The summed E-state index contributed by atoms with van der Waals surface area (Å²) in [6.45, 7) is 5.61. The summed E-state index contributed by atoms with van der Waals surface area (Å²) < 4.78 is 11.5. The van der Waals surface area contributed by atoms with Gasteiger partial charge in [-0.15, -0.1) is 0 Å². The van der Waals surface area contributed by atoms with Crippen molar-refractivity contribution in [3.8, 4) is 5.75 Å². The number of nitrogens with zero attached hydrogens (tertiary/aromatic N) is 1. The molecule has 2 unspecified atom stereocenters. The molecule has 0 aliphatic heterocycles. The zero-order chi connectivity index (χ0) is 16.9. The normalized spacial score (nSPS) is 20.3. The summed E-state index contributed by atoms with van der Waals surface area (Å²) in [5, 5.41) is 0. The summed E-state index contributed by atoms with van der Waals surface area (Å²) >= 11 is 0. The van der Waals surface area contributed by atoms with Gasteiger partial charge in [-0.05, 0) is 51.1 Å². The highest BCUT2D eigenvalue weighted by Gasteiger charge is 2.44. The SMILES string of the molecule is CCN(C)C(C)C(c1ccc(OC)cc1)C1(OC)CCCCC1. The van der Waals surface area contributed by atoms with E-state index in [2.05, 4.69) is 50.1 Å². The second-order valence-corrected chi connectivity index (χ2v) is 6.89. The van der Waals surface area contributed by atoms with Crippen LogP contribution in [-0.2, 0) is 4.74 Å². The largest absolute Gasteiger partial charge is 0.497 e. The third kappa shape index (κ3) is 3.89. The molecule has 1 aliphatic rings.